The van der Waals surface area contributed by atoms with Crippen molar-refractivity contribution < 1.29 is 14.0 Å². The van der Waals surface area contributed by atoms with Crippen LogP contribution in [0.1, 0.15) is 45.6 Å². The SMILES string of the molecule is Cc1nc(NC(=O)c2csc(C3CCN(C(=O)Cc4ccc(F)cc4)CC3)n2)n[nH]1. The van der Waals surface area contributed by atoms with E-state index in [4.69, 9.17) is 0 Å². The van der Waals surface area contributed by atoms with Gasteiger partial charge >= 0.3 is 0 Å². The van der Waals surface area contributed by atoms with Crippen LogP contribution < -0.4 is 5.32 Å². The molecule has 0 unspecified atom stereocenters. The van der Waals surface area contributed by atoms with E-state index in [1.165, 1.54) is 23.5 Å². The molecule has 156 valence electrons. The first-order chi connectivity index (χ1) is 14.5. The number of aryl methyl sites for hydroxylation is 1. The Balaban J connectivity index is 1.30. The summed E-state index contributed by atoms with van der Waals surface area (Å²) in [4.78, 5) is 35.2. The summed E-state index contributed by atoms with van der Waals surface area (Å²) in [5.74, 6) is 0.450. The molecular weight excluding hydrogens is 407 g/mol. The van der Waals surface area contributed by atoms with Crippen molar-refractivity contribution >= 4 is 29.1 Å². The molecule has 10 heteroatoms. The second-order valence-electron chi connectivity index (χ2n) is 7.23. The molecule has 1 saturated heterocycles. The normalized spacial score (nSPS) is 14.7. The first-order valence-corrected chi connectivity index (χ1v) is 10.5. The van der Waals surface area contributed by atoms with E-state index in [9.17, 15) is 14.0 Å². The van der Waals surface area contributed by atoms with E-state index in [1.807, 2.05) is 4.90 Å². The number of carbonyl (C=O) groups excluding carboxylic acids is 2. The zero-order chi connectivity index (χ0) is 21.1. The third-order valence-corrected chi connectivity index (χ3v) is 6.05. The number of nitrogens with one attached hydrogen (secondary N) is 2. The quantitative estimate of drug-likeness (QED) is 0.650. The van der Waals surface area contributed by atoms with Gasteiger partial charge in [0.25, 0.3) is 5.91 Å². The maximum atomic E-state index is 13.0. The van der Waals surface area contributed by atoms with Crippen molar-refractivity contribution in [3.8, 4) is 0 Å². The molecule has 8 nitrogen and oxygen atoms in total. The maximum absolute atomic E-state index is 13.0. The minimum absolute atomic E-state index is 0.0426. The molecule has 0 atom stereocenters. The summed E-state index contributed by atoms with van der Waals surface area (Å²) in [6.07, 6.45) is 1.86. The molecule has 0 aliphatic carbocycles. The van der Waals surface area contributed by atoms with Crippen molar-refractivity contribution in [3.05, 3.63) is 57.6 Å². The van der Waals surface area contributed by atoms with Gasteiger partial charge in [-0.1, -0.05) is 12.1 Å². The first-order valence-electron chi connectivity index (χ1n) is 9.66. The maximum Gasteiger partial charge on any atom is 0.277 e. The summed E-state index contributed by atoms with van der Waals surface area (Å²) in [6.45, 7) is 3.03. The lowest BCUT2D eigenvalue weighted by Gasteiger charge is -2.31. The summed E-state index contributed by atoms with van der Waals surface area (Å²) in [7, 11) is 0. The number of aromatic nitrogens is 4. The minimum Gasteiger partial charge on any atom is -0.342 e. The number of likely N-dealkylation sites (tertiary alicyclic amines) is 1. The van der Waals surface area contributed by atoms with Crippen molar-refractivity contribution in [1.82, 2.24) is 25.1 Å². The second kappa shape index (κ2) is 8.70. The van der Waals surface area contributed by atoms with Crippen LogP contribution in [0, 0.1) is 12.7 Å². The number of amides is 2. The highest BCUT2D eigenvalue weighted by molar-refractivity contribution is 7.10. The Morgan fingerprint density at radius 2 is 1.97 bits per heavy atom. The van der Waals surface area contributed by atoms with E-state index in [0.29, 0.717) is 24.6 Å². The third kappa shape index (κ3) is 4.70. The molecule has 3 aromatic rings. The summed E-state index contributed by atoms with van der Waals surface area (Å²) >= 11 is 1.45. The monoisotopic (exact) mass is 428 g/mol. The predicted octanol–water partition coefficient (Wildman–Crippen LogP) is 2.91. The van der Waals surface area contributed by atoms with E-state index in [1.54, 1.807) is 24.4 Å². The fourth-order valence-corrected chi connectivity index (χ4v) is 4.38. The highest BCUT2D eigenvalue weighted by Crippen LogP contribution is 2.30. The van der Waals surface area contributed by atoms with Gasteiger partial charge in [-0.05, 0) is 37.5 Å². The fourth-order valence-electron chi connectivity index (χ4n) is 3.41. The van der Waals surface area contributed by atoms with E-state index in [-0.39, 0.29) is 35.9 Å². The lowest BCUT2D eigenvalue weighted by Crippen LogP contribution is -2.38. The Kier molecular flexibility index (Phi) is 5.84. The average Bonchev–Trinajstić information content (AvgIpc) is 3.39. The van der Waals surface area contributed by atoms with Gasteiger partial charge in [-0.3, -0.25) is 20.0 Å². The Morgan fingerprint density at radius 3 is 2.63 bits per heavy atom. The van der Waals surface area contributed by atoms with Gasteiger partial charge in [-0.25, -0.2) is 9.37 Å². The smallest absolute Gasteiger partial charge is 0.277 e. The number of piperidine rings is 1. The van der Waals surface area contributed by atoms with Crippen LogP contribution in [0.5, 0.6) is 0 Å². The van der Waals surface area contributed by atoms with Crippen molar-refractivity contribution in [3.63, 3.8) is 0 Å². The fraction of sp³-hybridized carbons (Fsp3) is 0.350. The number of hydrogen-bond donors (Lipinski definition) is 2. The van der Waals surface area contributed by atoms with Gasteiger partial charge in [0, 0.05) is 24.4 Å². The number of benzene rings is 1. The molecular formula is C20H21FN6O2S. The van der Waals surface area contributed by atoms with Crippen LogP contribution in [0.2, 0.25) is 0 Å². The van der Waals surface area contributed by atoms with Crippen LogP contribution in [0.25, 0.3) is 0 Å². The molecule has 4 rings (SSSR count). The molecule has 1 aliphatic heterocycles. The number of halogens is 1. The summed E-state index contributed by atoms with van der Waals surface area (Å²) in [5.41, 5.74) is 1.15. The highest BCUT2D eigenvalue weighted by Gasteiger charge is 2.26. The van der Waals surface area contributed by atoms with Crippen molar-refractivity contribution in [1.29, 1.82) is 0 Å². The van der Waals surface area contributed by atoms with E-state index in [0.717, 1.165) is 23.4 Å². The molecule has 1 fully saturated rings. The van der Waals surface area contributed by atoms with E-state index < -0.39 is 0 Å². The van der Waals surface area contributed by atoms with Crippen molar-refractivity contribution in [2.45, 2.75) is 32.1 Å². The zero-order valence-corrected chi connectivity index (χ0v) is 17.2. The third-order valence-electron chi connectivity index (χ3n) is 5.04. The predicted molar refractivity (Wildman–Crippen MR) is 110 cm³/mol. The van der Waals surface area contributed by atoms with Crippen LogP contribution >= 0.6 is 11.3 Å². The van der Waals surface area contributed by atoms with Crippen LogP contribution in [-0.2, 0) is 11.2 Å². The Hall–Kier alpha value is -3.14. The van der Waals surface area contributed by atoms with E-state index in [2.05, 4.69) is 25.5 Å². The van der Waals surface area contributed by atoms with Crippen molar-refractivity contribution in [2.75, 3.05) is 18.4 Å². The van der Waals surface area contributed by atoms with Crippen LogP contribution in [0.15, 0.2) is 29.6 Å². The molecule has 0 spiro atoms. The van der Waals surface area contributed by atoms with Gasteiger partial charge in [0.1, 0.15) is 17.3 Å². The van der Waals surface area contributed by atoms with E-state index >= 15 is 0 Å². The molecule has 2 N–H and O–H groups in total. The number of thiazole rings is 1. The van der Waals surface area contributed by atoms with Crippen LogP contribution in [0.4, 0.5) is 10.3 Å². The molecule has 3 heterocycles. The average molecular weight is 428 g/mol. The topological polar surface area (TPSA) is 104 Å². The highest BCUT2D eigenvalue weighted by atomic mass is 32.1. The molecule has 1 aromatic carbocycles. The number of hydrogen-bond acceptors (Lipinski definition) is 6. The zero-order valence-electron chi connectivity index (χ0n) is 16.4. The largest absolute Gasteiger partial charge is 0.342 e. The van der Waals surface area contributed by atoms with Gasteiger partial charge in [0.15, 0.2) is 0 Å². The number of anilines is 1. The summed E-state index contributed by atoms with van der Waals surface area (Å²) in [6, 6.07) is 6.02. The van der Waals surface area contributed by atoms with Gasteiger partial charge in [0.2, 0.25) is 11.9 Å². The molecule has 0 saturated carbocycles. The summed E-state index contributed by atoms with van der Waals surface area (Å²) in [5, 5.41) is 11.8. The number of nitrogens with zero attached hydrogens (tertiary/aromatic N) is 4. The van der Waals surface area contributed by atoms with Gasteiger partial charge in [-0.2, -0.15) is 4.98 Å². The first kappa shape index (κ1) is 20.1. The Bertz CT molecular complexity index is 1040. The van der Waals surface area contributed by atoms with Gasteiger partial charge in [-0.15, -0.1) is 16.4 Å². The molecule has 0 radical (unpaired) electrons. The standard InChI is InChI=1S/C20H21FN6O2S/c1-12-22-20(26-25-12)24-18(29)16-11-30-19(23-16)14-6-8-27(9-7-14)17(28)10-13-2-4-15(21)5-3-13/h2-5,11,14H,6-10H2,1H3,(H2,22,24,25,26,29). The lowest BCUT2D eigenvalue weighted by atomic mass is 9.97. The second-order valence-corrected chi connectivity index (χ2v) is 8.12. The number of aromatic amines is 1. The molecule has 0 bridgehead atoms. The van der Waals surface area contributed by atoms with Gasteiger partial charge in [0.05, 0.1) is 11.4 Å². The lowest BCUT2D eigenvalue weighted by molar-refractivity contribution is -0.131. The van der Waals surface area contributed by atoms with Crippen LogP contribution in [-0.4, -0.2) is 50.0 Å². The van der Waals surface area contributed by atoms with Gasteiger partial charge < -0.3 is 4.90 Å². The van der Waals surface area contributed by atoms with Crippen molar-refractivity contribution in [2.24, 2.45) is 0 Å². The van der Waals surface area contributed by atoms with Crippen LogP contribution in [0.3, 0.4) is 0 Å². The molecule has 1 aliphatic rings. The number of carbonyl (C=O) groups is 2. The Labute approximate surface area is 176 Å². The molecule has 30 heavy (non-hydrogen) atoms. The molecule has 2 aromatic heterocycles. The number of H-pyrrole nitrogens is 1. The molecule has 2 amide bonds. The number of rotatable bonds is 5. The summed E-state index contributed by atoms with van der Waals surface area (Å²) < 4.78 is 13.0. The minimum atomic E-state index is -0.344. The Morgan fingerprint density at radius 1 is 1.23 bits per heavy atom.